The molecule has 14 heteroatoms. The summed E-state index contributed by atoms with van der Waals surface area (Å²) >= 11 is 0. The fourth-order valence-corrected chi connectivity index (χ4v) is 5.06. The summed E-state index contributed by atoms with van der Waals surface area (Å²) in [5.74, 6) is -9.43. The van der Waals surface area contributed by atoms with Crippen molar-refractivity contribution in [1.29, 1.82) is 0 Å². The lowest BCUT2D eigenvalue weighted by Crippen LogP contribution is -2.53. The van der Waals surface area contributed by atoms with Gasteiger partial charge in [0.2, 0.25) is 17.7 Å². The van der Waals surface area contributed by atoms with Gasteiger partial charge in [0.15, 0.2) is 0 Å². The molecule has 47 heavy (non-hydrogen) atoms. The Morgan fingerprint density at radius 2 is 0.957 bits per heavy atom. The highest BCUT2D eigenvalue weighted by atomic mass is 16.4. The Balaban J connectivity index is 5.22. The zero-order chi connectivity index (χ0) is 35.8. The molecule has 270 valence electrons. The summed E-state index contributed by atoms with van der Waals surface area (Å²) < 4.78 is 0. The molecule has 0 aromatic rings. The number of nitrogens with one attached hydrogen (secondary N) is 3. The van der Waals surface area contributed by atoms with Crippen LogP contribution in [0.3, 0.4) is 0 Å². The number of carbonyl (C=O) groups excluding carboxylic acids is 3. The third-order valence-corrected chi connectivity index (χ3v) is 8.07. The minimum absolute atomic E-state index is 0.0211. The standard InChI is InChI=1S/C33H57N3O11/c1-4-5-6-7-8-9-10-11-12-13-14-15-18-27(37)34-25(30(41)35-24(32(44)45)17-16-19-28(38)39)20-22(2)29(40)36-26(33(46)47)21-23(3)31(42)43/h22-26H,4-21H2,1-3H3,(H,34,37)(H,35,41)(H,36,40)(H,38,39)(H,42,43)(H,44,45)(H,46,47). The van der Waals surface area contributed by atoms with Gasteiger partial charge in [-0.2, -0.15) is 0 Å². The molecule has 0 rings (SSSR count). The summed E-state index contributed by atoms with van der Waals surface area (Å²) in [5.41, 5.74) is 0. The first-order valence-corrected chi connectivity index (χ1v) is 17.0. The Labute approximate surface area is 277 Å². The van der Waals surface area contributed by atoms with Crippen LogP contribution >= 0.6 is 0 Å². The number of carboxylic acid groups (broad SMARTS) is 4. The van der Waals surface area contributed by atoms with Crippen molar-refractivity contribution in [3.05, 3.63) is 0 Å². The second-order valence-electron chi connectivity index (χ2n) is 12.5. The number of hydrogen-bond acceptors (Lipinski definition) is 7. The monoisotopic (exact) mass is 671 g/mol. The van der Waals surface area contributed by atoms with Crippen LogP contribution in [0.4, 0.5) is 0 Å². The number of carbonyl (C=O) groups is 7. The van der Waals surface area contributed by atoms with E-state index in [1.807, 2.05) is 0 Å². The molecule has 7 N–H and O–H groups in total. The minimum Gasteiger partial charge on any atom is -0.481 e. The van der Waals surface area contributed by atoms with Gasteiger partial charge < -0.3 is 36.4 Å². The predicted octanol–water partition coefficient (Wildman–Crippen LogP) is 4.09. The van der Waals surface area contributed by atoms with Gasteiger partial charge in [0.25, 0.3) is 0 Å². The second kappa shape index (κ2) is 25.4. The van der Waals surface area contributed by atoms with E-state index in [0.717, 1.165) is 25.7 Å². The first kappa shape index (κ1) is 43.3. The average Bonchev–Trinajstić information content (AvgIpc) is 2.99. The van der Waals surface area contributed by atoms with Crippen LogP contribution in [-0.2, 0) is 33.6 Å². The van der Waals surface area contributed by atoms with Gasteiger partial charge in [-0.05, 0) is 32.1 Å². The molecule has 0 saturated heterocycles. The molecule has 3 amide bonds. The van der Waals surface area contributed by atoms with Crippen LogP contribution in [-0.4, -0.2) is 80.2 Å². The van der Waals surface area contributed by atoms with E-state index in [4.69, 9.17) is 10.2 Å². The highest BCUT2D eigenvalue weighted by Crippen LogP contribution is 2.15. The molecule has 0 aliphatic heterocycles. The summed E-state index contributed by atoms with van der Waals surface area (Å²) in [5, 5.41) is 44.2. The van der Waals surface area contributed by atoms with E-state index < -0.39 is 71.6 Å². The van der Waals surface area contributed by atoms with Crippen molar-refractivity contribution in [3.63, 3.8) is 0 Å². The van der Waals surface area contributed by atoms with Crippen molar-refractivity contribution in [2.75, 3.05) is 0 Å². The Bertz CT molecular complexity index is 1000. The van der Waals surface area contributed by atoms with Gasteiger partial charge in [-0.25, -0.2) is 9.59 Å². The van der Waals surface area contributed by atoms with Crippen LogP contribution in [0.15, 0.2) is 0 Å². The molecule has 5 unspecified atom stereocenters. The number of aliphatic carboxylic acids is 4. The molecule has 0 fully saturated rings. The highest BCUT2D eigenvalue weighted by Gasteiger charge is 2.32. The lowest BCUT2D eigenvalue weighted by atomic mass is 9.97. The first-order chi connectivity index (χ1) is 22.2. The summed E-state index contributed by atoms with van der Waals surface area (Å²) in [7, 11) is 0. The molecule has 0 saturated carbocycles. The fraction of sp³-hybridized carbons (Fsp3) is 0.788. The molecular weight excluding hydrogens is 614 g/mol. The summed E-state index contributed by atoms with van der Waals surface area (Å²) in [6.07, 6.45) is 12.2. The van der Waals surface area contributed by atoms with E-state index in [9.17, 15) is 43.8 Å². The lowest BCUT2D eigenvalue weighted by molar-refractivity contribution is -0.146. The number of carboxylic acids is 4. The molecular formula is C33H57N3O11. The third kappa shape index (κ3) is 21.7. The van der Waals surface area contributed by atoms with Gasteiger partial charge in [-0.3, -0.25) is 24.0 Å². The van der Waals surface area contributed by atoms with E-state index >= 15 is 0 Å². The molecule has 14 nitrogen and oxygen atoms in total. The molecule has 0 radical (unpaired) electrons. The quantitative estimate of drug-likeness (QED) is 0.0559. The molecule has 0 aromatic heterocycles. The molecule has 0 aromatic carbocycles. The van der Waals surface area contributed by atoms with Crippen molar-refractivity contribution in [2.45, 2.75) is 154 Å². The minimum atomic E-state index is -1.51. The predicted molar refractivity (Wildman–Crippen MR) is 173 cm³/mol. The molecule has 0 heterocycles. The van der Waals surface area contributed by atoms with E-state index in [1.165, 1.54) is 58.8 Å². The van der Waals surface area contributed by atoms with Gasteiger partial charge in [0.05, 0.1) is 5.92 Å². The van der Waals surface area contributed by atoms with Gasteiger partial charge in [0, 0.05) is 18.8 Å². The number of amides is 3. The third-order valence-electron chi connectivity index (χ3n) is 8.07. The van der Waals surface area contributed by atoms with Crippen LogP contribution < -0.4 is 16.0 Å². The molecule has 0 spiro atoms. The fourth-order valence-electron chi connectivity index (χ4n) is 5.06. The van der Waals surface area contributed by atoms with Crippen molar-refractivity contribution in [2.24, 2.45) is 11.8 Å². The lowest BCUT2D eigenvalue weighted by Gasteiger charge is -2.25. The Morgan fingerprint density at radius 1 is 0.489 bits per heavy atom. The molecule has 0 aliphatic carbocycles. The van der Waals surface area contributed by atoms with Crippen molar-refractivity contribution < 1.29 is 54.0 Å². The van der Waals surface area contributed by atoms with E-state index in [1.54, 1.807) is 0 Å². The maximum absolute atomic E-state index is 13.2. The topological polar surface area (TPSA) is 236 Å². The summed E-state index contributed by atoms with van der Waals surface area (Å²) in [6.45, 7) is 4.89. The zero-order valence-corrected chi connectivity index (χ0v) is 28.3. The molecule has 0 bridgehead atoms. The summed E-state index contributed by atoms with van der Waals surface area (Å²) in [6, 6.07) is -4.28. The van der Waals surface area contributed by atoms with Crippen LogP contribution in [0.1, 0.15) is 136 Å². The van der Waals surface area contributed by atoms with Gasteiger partial charge in [0.1, 0.15) is 18.1 Å². The Morgan fingerprint density at radius 3 is 1.43 bits per heavy atom. The highest BCUT2D eigenvalue weighted by molar-refractivity contribution is 5.91. The van der Waals surface area contributed by atoms with Gasteiger partial charge in [-0.1, -0.05) is 91.4 Å². The maximum atomic E-state index is 13.2. The SMILES string of the molecule is CCCCCCCCCCCCCCC(=O)NC(CC(C)C(=O)NC(CC(C)C(=O)O)C(=O)O)C(=O)NC(CCCC(=O)O)C(=O)O. The maximum Gasteiger partial charge on any atom is 0.326 e. The van der Waals surface area contributed by atoms with Crippen LogP contribution in [0.5, 0.6) is 0 Å². The Kier molecular flexibility index (Phi) is 23.4. The second-order valence-corrected chi connectivity index (χ2v) is 12.5. The van der Waals surface area contributed by atoms with Crippen LogP contribution in [0.25, 0.3) is 0 Å². The first-order valence-electron chi connectivity index (χ1n) is 17.0. The van der Waals surface area contributed by atoms with Crippen LogP contribution in [0, 0.1) is 11.8 Å². The average molecular weight is 672 g/mol. The number of unbranched alkanes of at least 4 members (excludes halogenated alkanes) is 11. The zero-order valence-electron chi connectivity index (χ0n) is 28.3. The van der Waals surface area contributed by atoms with E-state index in [-0.39, 0.29) is 38.5 Å². The largest absolute Gasteiger partial charge is 0.481 e. The van der Waals surface area contributed by atoms with E-state index in [0.29, 0.717) is 6.42 Å². The number of rotatable bonds is 29. The van der Waals surface area contributed by atoms with Gasteiger partial charge >= 0.3 is 23.9 Å². The van der Waals surface area contributed by atoms with Crippen molar-refractivity contribution in [1.82, 2.24) is 16.0 Å². The summed E-state index contributed by atoms with van der Waals surface area (Å²) in [4.78, 5) is 84.2. The van der Waals surface area contributed by atoms with Crippen LogP contribution in [0.2, 0.25) is 0 Å². The Hall–Kier alpha value is -3.71. The smallest absolute Gasteiger partial charge is 0.326 e. The normalized spacial score (nSPS) is 14.2. The van der Waals surface area contributed by atoms with E-state index in [2.05, 4.69) is 22.9 Å². The molecule has 5 atom stereocenters. The van der Waals surface area contributed by atoms with Gasteiger partial charge in [-0.15, -0.1) is 0 Å². The van der Waals surface area contributed by atoms with Crippen molar-refractivity contribution in [3.8, 4) is 0 Å². The van der Waals surface area contributed by atoms with Crippen molar-refractivity contribution >= 4 is 41.6 Å². The molecule has 0 aliphatic rings. The number of hydrogen-bond donors (Lipinski definition) is 7.